The molecular weight excluding hydrogens is 669 g/mol. The fourth-order valence-corrected chi connectivity index (χ4v) is 9.55. The van der Waals surface area contributed by atoms with Gasteiger partial charge in [0.25, 0.3) is 0 Å². The van der Waals surface area contributed by atoms with Crippen molar-refractivity contribution in [2.45, 2.75) is 19.3 Å². The van der Waals surface area contributed by atoms with Gasteiger partial charge in [0.1, 0.15) is 12.1 Å². The Hall–Kier alpha value is -7.40. The van der Waals surface area contributed by atoms with Crippen LogP contribution < -0.4 is 0 Å². The first kappa shape index (κ1) is 31.2. The van der Waals surface area contributed by atoms with Gasteiger partial charge in [-0.25, -0.2) is 0 Å². The largest absolute Gasteiger partial charge is 0.308 e. The molecule has 0 unspecified atom stereocenters. The Balaban J connectivity index is 1.23. The summed E-state index contributed by atoms with van der Waals surface area (Å²) in [7, 11) is 0. The first-order valence-electron chi connectivity index (χ1n) is 18.6. The summed E-state index contributed by atoms with van der Waals surface area (Å²) in [5.74, 6) is 0. The van der Waals surface area contributed by atoms with E-state index in [0.29, 0.717) is 22.5 Å². The third-order valence-corrected chi connectivity index (χ3v) is 12.0. The molecule has 4 heteroatoms. The molecule has 4 nitrogen and oxygen atoms in total. The number of fused-ring (bicyclic) bond motifs is 12. The van der Waals surface area contributed by atoms with Crippen LogP contribution in [0, 0.1) is 22.7 Å². The topological polar surface area (TPSA) is 57.4 Å². The molecule has 0 N–H and O–H groups in total. The van der Waals surface area contributed by atoms with E-state index in [1.54, 1.807) is 0 Å². The Bertz CT molecular complexity index is 3360. The Morgan fingerprint density at radius 3 is 1.93 bits per heavy atom. The van der Waals surface area contributed by atoms with Gasteiger partial charge >= 0.3 is 0 Å². The van der Waals surface area contributed by atoms with E-state index in [0.717, 1.165) is 65.5 Å². The lowest BCUT2D eigenvalue weighted by Crippen LogP contribution is -2.16. The van der Waals surface area contributed by atoms with Crippen LogP contribution in [0.1, 0.15) is 36.1 Å². The number of aromatic nitrogens is 2. The van der Waals surface area contributed by atoms with Crippen LogP contribution in [0.25, 0.3) is 88.0 Å². The maximum absolute atomic E-state index is 11.1. The van der Waals surface area contributed by atoms with Gasteiger partial charge in [-0.3, -0.25) is 0 Å². The first-order chi connectivity index (χ1) is 27.0. The second kappa shape index (κ2) is 11.3. The summed E-state index contributed by atoms with van der Waals surface area (Å²) in [6.45, 7) is 4.59. The Morgan fingerprint density at radius 2 is 1.13 bits per heavy atom. The summed E-state index contributed by atoms with van der Waals surface area (Å²) in [5.41, 5.74) is 13.4. The molecule has 256 valence electrons. The van der Waals surface area contributed by atoms with Crippen LogP contribution in [0.2, 0.25) is 0 Å². The SMILES string of the molecule is CC1(C)c2ccccc2-c2ccc3c4ccccc4n(-c4cc(C#N)c(-n5c6ccc(-c7ccccc7)cc6c6c7ccccc7ccc65)cc4C#N)c3c21. The number of rotatable bonds is 3. The highest BCUT2D eigenvalue weighted by Crippen LogP contribution is 2.53. The first-order valence-corrected chi connectivity index (χ1v) is 18.6. The van der Waals surface area contributed by atoms with Gasteiger partial charge in [-0.2, -0.15) is 10.5 Å². The molecule has 0 amide bonds. The zero-order chi connectivity index (χ0) is 37.0. The third-order valence-electron chi connectivity index (χ3n) is 12.0. The predicted octanol–water partition coefficient (Wildman–Crippen LogP) is 12.8. The molecule has 10 aromatic rings. The number of para-hydroxylation sites is 1. The smallest absolute Gasteiger partial charge is 0.101 e. The van der Waals surface area contributed by atoms with Gasteiger partial charge in [-0.1, -0.05) is 135 Å². The average molecular weight is 701 g/mol. The van der Waals surface area contributed by atoms with Crippen LogP contribution in [0.3, 0.4) is 0 Å². The number of nitrogens with zero attached hydrogens (tertiary/aromatic N) is 4. The van der Waals surface area contributed by atoms with Crippen molar-refractivity contribution in [3.8, 4) is 45.8 Å². The molecule has 0 saturated carbocycles. The molecule has 55 heavy (non-hydrogen) atoms. The highest BCUT2D eigenvalue weighted by atomic mass is 15.0. The standard InChI is InChI=1S/C51H32N4/c1-51(2)42-18-10-8-16-37(42)39-22-23-40-38-17-9-11-19-43(38)55(50(40)49(39)51)47-28-34(29-52)46(27-35(47)30-53)54-44-24-21-33(31-12-4-3-5-13-31)26-41(44)48-36-15-7-6-14-32(36)20-25-45(48)54/h3-28H,1-2H3. The van der Waals surface area contributed by atoms with Gasteiger partial charge in [-0.05, 0) is 80.6 Å². The van der Waals surface area contributed by atoms with Crippen molar-refractivity contribution in [2.24, 2.45) is 0 Å². The van der Waals surface area contributed by atoms with Crippen molar-refractivity contribution in [1.29, 1.82) is 10.5 Å². The highest BCUT2D eigenvalue weighted by molar-refractivity contribution is 6.22. The van der Waals surface area contributed by atoms with Gasteiger partial charge in [0.05, 0.1) is 44.6 Å². The molecule has 0 saturated heterocycles. The van der Waals surface area contributed by atoms with Gasteiger partial charge in [0.2, 0.25) is 0 Å². The quantitative estimate of drug-likeness (QED) is 0.184. The van der Waals surface area contributed by atoms with E-state index >= 15 is 0 Å². The molecule has 2 heterocycles. The molecular formula is C51H32N4. The lowest BCUT2D eigenvalue weighted by Gasteiger charge is -2.24. The lowest BCUT2D eigenvalue weighted by molar-refractivity contribution is 0.664. The summed E-state index contributed by atoms with van der Waals surface area (Å²) in [6.07, 6.45) is 0. The molecule has 0 atom stereocenters. The molecule has 0 radical (unpaired) electrons. The summed E-state index contributed by atoms with van der Waals surface area (Å²) in [5, 5.41) is 28.9. The molecule has 0 fully saturated rings. The normalized spacial score (nSPS) is 13.0. The molecule has 2 aromatic heterocycles. The van der Waals surface area contributed by atoms with E-state index in [4.69, 9.17) is 0 Å². The summed E-state index contributed by atoms with van der Waals surface area (Å²) >= 11 is 0. The van der Waals surface area contributed by atoms with Gasteiger partial charge in [-0.15, -0.1) is 0 Å². The predicted molar refractivity (Wildman–Crippen MR) is 225 cm³/mol. The van der Waals surface area contributed by atoms with E-state index in [2.05, 4.69) is 175 Å². The van der Waals surface area contributed by atoms with Crippen LogP contribution in [-0.4, -0.2) is 9.13 Å². The maximum Gasteiger partial charge on any atom is 0.101 e. The van der Waals surface area contributed by atoms with E-state index in [-0.39, 0.29) is 5.41 Å². The van der Waals surface area contributed by atoms with E-state index in [1.165, 1.54) is 22.3 Å². The van der Waals surface area contributed by atoms with E-state index < -0.39 is 0 Å². The summed E-state index contributed by atoms with van der Waals surface area (Å²) in [6, 6.07) is 60.3. The third kappa shape index (κ3) is 4.20. The molecule has 1 aliphatic rings. The zero-order valence-electron chi connectivity index (χ0n) is 30.3. The minimum atomic E-state index is -0.285. The number of hydrogen-bond acceptors (Lipinski definition) is 2. The summed E-state index contributed by atoms with van der Waals surface area (Å²) < 4.78 is 4.42. The zero-order valence-corrected chi connectivity index (χ0v) is 30.3. The van der Waals surface area contributed by atoms with E-state index in [9.17, 15) is 10.5 Å². The van der Waals surface area contributed by atoms with Gasteiger partial charge in [0.15, 0.2) is 0 Å². The van der Waals surface area contributed by atoms with Crippen molar-refractivity contribution < 1.29 is 0 Å². The fraction of sp³-hybridized carbons (Fsp3) is 0.0588. The van der Waals surface area contributed by atoms with Crippen molar-refractivity contribution in [3.63, 3.8) is 0 Å². The minimum Gasteiger partial charge on any atom is -0.308 e. The van der Waals surface area contributed by atoms with Gasteiger partial charge < -0.3 is 9.13 Å². The van der Waals surface area contributed by atoms with Crippen LogP contribution in [0.15, 0.2) is 158 Å². The molecule has 0 bridgehead atoms. The molecule has 11 rings (SSSR count). The Kier molecular flexibility index (Phi) is 6.40. The molecule has 0 spiro atoms. The second-order valence-electron chi connectivity index (χ2n) is 15.1. The summed E-state index contributed by atoms with van der Waals surface area (Å²) in [4.78, 5) is 0. The number of benzene rings is 8. The highest BCUT2D eigenvalue weighted by Gasteiger charge is 2.38. The van der Waals surface area contributed by atoms with Crippen LogP contribution in [-0.2, 0) is 5.41 Å². The number of nitriles is 2. The minimum absolute atomic E-state index is 0.285. The van der Waals surface area contributed by atoms with Crippen molar-refractivity contribution in [3.05, 3.63) is 180 Å². The van der Waals surface area contributed by atoms with Crippen LogP contribution in [0.5, 0.6) is 0 Å². The average Bonchev–Trinajstić information content (AvgIpc) is 3.83. The lowest BCUT2D eigenvalue weighted by atomic mass is 9.81. The van der Waals surface area contributed by atoms with Crippen LogP contribution >= 0.6 is 0 Å². The van der Waals surface area contributed by atoms with E-state index in [1.807, 2.05) is 18.2 Å². The van der Waals surface area contributed by atoms with Crippen molar-refractivity contribution >= 4 is 54.4 Å². The Labute approximate surface area is 318 Å². The molecule has 0 aliphatic heterocycles. The second-order valence-corrected chi connectivity index (χ2v) is 15.1. The van der Waals surface area contributed by atoms with Crippen LogP contribution in [0.4, 0.5) is 0 Å². The number of hydrogen-bond donors (Lipinski definition) is 0. The van der Waals surface area contributed by atoms with Gasteiger partial charge in [0, 0.05) is 27.0 Å². The fourth-order valence-electron chi connectivity index (χ4n) is 9.55. The van der Waals surface area contributed by atoms with Crippen molar-refractivity contribution in [2.75, 3.05) is 0 Å². The van der Waals surface area contributed by atoms with Crippen molar-refractivity contribution in [1.82, 2.24) is 9.13 Å². The Morgan fingerprint density at radius 1 is 0.473 bits per heavy atom. The molecule has 1 aliphatic carbocycles. The maximum atomic E-state index is 11.1. The monoisotopic (exact) mass is 700 g/mol. The molecule has 8 aromatic carbocycles.